The van der Waals surface area contributed by atoms with Crippen LogP contribution < -0.4 is 5.73 Å². The lowest BCUT2D eigenvalue weighted by Gasteiger charge is -2.12. The van der Waals surface area contributed by atoms with Crippen LogP contribution in [0.3, 0.4) is 0 Å². The van der Waals surface area contributed by atoms with Crippen LogP contribution in [0.2, 0.25) is 5.02 Å². The Kier molecular flexibility index (Phi) is 3.18. The summed E-state index contributed by atoms with van der Waals surface area (Å²) >= 11 is 7.53. The molecule has 6 heteroatoms. The molecule has 0 saturated carbocycles. The van der Waals surface area contributed by atoms with E-state index in [1.165, 1.54) is 11.3 Å². The first-order valence-electron chi connectivity index (χ1n) is 6.38. The highest BCUT2D eigenvalue weighted by molar-refractivity contribution is 7.18. The number of hydrogen-bond donors (Lipinski definition) is 1. The van der Waals surface area contributed by atoms with Crippen molar-refractivity contribution < 1.29 is 0 Å². The summed E-state index contributed by atoms with van der Waals surface area (Å²) in [6, 6.07) is 6.08. The SMILES string of the molecule is Cc1nc(N)sc1-c1nc2cc(Cl)ccc2n1C(C)C. The summed E-state index contributed by atoms with van der Waals surface area (Å²) in [6.45, 7) is 6.23. The largest absolute Gasteiger partial charge is 0.375 e. The second kappa shape index (κ2) is 4.75. The molecule has 2 aromatic heterocycles. The van der Waals surface area contributed by atoms with Crippen LogP contribution in [0.5, 0.6) is 0 Å². The predicted octanol–water partition coefficient (Wildman–Crippen LogP) is 4.28. The van der Waals surface area contributed by atoms with Gasteiger partial charge in [-0.25, -0.2) is 9.97 Å². The van der Waals surface area contributed by atoms with Crippen molar-refractivity contribution in [3.05, 3.63) is 28.9 Å². The summed E-state index contributed by atoms with van der Waals surface area (Å²) in [7, 11) is 0. The molecule has 0 bridgehead atoms. The number of nitrogens with two attached hydrogens (primary N) is 1. The number of hydrogen-bond acceptors (Lipinski definition) is 4. The number of fused-ring (bicyclic) bond motifs is 1. The van der Waals surface area contributed by atoms with Crippen molar-refractivity contribution in [3.63, 3.8) is 0 Å². The molecule has 104 valence electrons. The van der Waals surface area contributed by atoms with Gasteiger partial charge in [0, 0.05) is 11.1 Å². The van der Waals surface area contributed by atoms with E-state index in [0.717, 1.165) is 27.4 Å². The van der Waals surface area contributed by atoms with E-state index in [1.807, 2.05) is 25.1 Å². The Balaban J connectivity index is 2.34. The molecule has 2 heterocycles. The van der Waals surface area contributed by atoms with Gasteiger partial charge in [-0.15, -0.1) is 0 Å². The first-order chi connectivity index (χ1) is 9.47. The Morgan fingerprint density at radius 1 is 1.30 bits per heavy atom. The smallest absolute Gasteiger partial charge is 0.180 e. The van der Waals surface area contributed by atoms with Crippen molar-refractivity contribution in [3.8, 4) is 10.7 Å². The summed E-state index contributed by atoms with van der Waals surface area (Å²) in [6.07, 6.45) is 0. The van der Waals surface area contributed by atoms with Crippen molar-refractivity contribution in [2.75, 3.05) is 5.73 Å². The fraction of sp³-hybridized carbons (Fsp3) is 0.286. The number of imidazole rings is 1. The molecule has 20 heavy (non-hydrogen) atoms. The van der Waals surface area contributed by atoms with E-state index in [0.29, 0.717) is 16.2 Å². The minimum atomic E-state index is 0.291. The van der Waals surface area contributed by atoms with E-state index in [2.05, 4.69) is 23.4 Å². The Morgan fingerprint density at radius 3 is 2.65 bits per heavy atom. The van der Waals surface area contributed by atoms with Crippen molar-refractivity contribution in [2.45, 2.75) is 26.8 Å². The third-order valence-corrected chi connectivity index (χ3v) is 4.40. The summed E-state index contributed by atoms with van der Waals surface area (Å²) in [5, 5.41) is 1.26. The number of halogens is 1. The second-order valence-electron chi connectivity index (χ2n) is 5.00. The van der Waals surface area contributed by atoms with Crippen LogP contribution in [-0.2, 0) is 0 Å². The molecule has 0 unspecified atom stereocenters. The van der Waals surface area contributed by atoms with Gasteiger partial charge in [-0.1, -0.05) is 22.9 Å². The minimum absolute atomic E-state index is 0.291. The van der Waals surface area contributed by atoms with E-state index >= 15 is 0 Å². The zero-order chi connectivity index (χ0) is 14.4. The molecule has 0 spiro atoms. The third kappa shape index (κ3) is 2.07. The molecule has 3 rings (SSSR count). The van der Waals surface area contributed by atoms with Crippen LogP contribution in [-0.4, -0.2) is 14.5 Å². The molecule has 0 atom stereocenters. The van der Waals surface area contributed by atoms with Crippen LogP contribution in [0.15, 0.2) is 18.2 Å². The first-order valence-corrected chi connectivity index (χ1v) is 7.57. The molecule has 0 radical (unpaired) electrons. The molecule has 0 amide bonds. The summed E-state index contributed by atoms with van der Waals surface area (Å²) in [5.74, 6) is 0.906. The molecular formula is C14H15ClN4S. The maximum absolute atomic E-state index is 6.06. The number of nitrogens with zero attached hydrogens (tertiary/aromatic N) is 3. The topological polar surface area (TPSA) is 56.7 Å². The highest BCUT2D eigenvalue weighted by atomic mass is 35.5. The lowest BCUT2D eigenvalue weighted by molar-refractivity contribution is 0.625. The van der Waals surface area contributed by atoms with Gasteiger partial charge in [0.1, 0.15) is 0 Å². The van der Waals surface area contributed by atoms with Gasteiger partial charge in [0.05, 0.1) is 21.6 Å². The zero-order valence-corrected chi connectivity index (χ0v) is 13.1. The number of aryl methyl sites for hydroxylation is 1. The van der Waals surface area contributed by atoms with E-state index in [9.17, 15) is 0 Å². The van der Waals surface area contributed by atoms with Crippen molar-refractivity contribution in [2.24, 2.45) is 0 Å². The molecule has 0 fully saturated rings. The van der Waals surface area contributed by atoms with Crippen LogP contribution in [0.25, 0.3) is 21.7 Å². The fourth-order valence-corrected chi connectivity index (χ4v) is 3.37. The fourth-order valence-electron chi connectivity index (χ4n) is 2.38. The van der Waals surface area contributed by atoms with Gasteiger partial charge in [0.2, 0.25) is 0 Å². The highest BCUT2D eigenvalue weighted by Crippen LogP contribution is 2.35. The molecular weight excluding hydrogens is 292 g/mol. The van der Waals surface area contributed by atoms with Gasteiger partial charge in [-0.2, -0.15) is 0 Å². The van der Waals surface area contributed by atoms with Crippen LogP contribution >= 0.6 is 22.9 Å². The molecule has 3 aromatic rings. The number of benzene rings is 1. The van der Waals surface area contributed by atoms with Crippen molar-refractivity contribution in [1.82, 2.24) is 14.5 Å². The van der Waals surface area contributed by atoms with Crippen LogP contribution in [0, 0.1) is 6.92 Å². The first kappa shape index (κ1) is 13.4. The standard InChI is InChI=1S/C14H15ClN4S/c1-7(2)19-11-5-4-9(15)6-10(11)18-13(19)12-8(3)17-14(16)20-12/h4-7H,1-3H3,(H2,16,17). The molecule has 1 aromatic carbocycles. The Morgan fingerprint density at radius 2 is 2.05 bits per heavy atom. The average Bonchev–Trinajstić information content (AvgIpc) is 2.88. The Bertz CT molecular complexity index is 788. The van der Waals surface area contributed by atoms with Gasteiger partial charge >= 0.3 is 0 Å². The lowest BCUT2D eigenvalue weighted by Crippen LogP contribution is -2.02. The monoisotopic (exact) mass is 306 g/mol. The molecule has 2 N–H and O–H groups in total. The van der Waals surface area contributed by atoms with Gasteiger partial charge in [0.25, 0.3) is 0 Å². The van der Waals surface area contributed by atoms with Crippen molar-refractivity contribution in [1.29, 1.82) is 0 Å². The number of nitrogen functional groups attached to an aromatic ring is 1. The van der Waals surface area contributed by atoms with E-state index < -0.39 is 0 Å². The normalized spacial score (nSPS) is 11.7. The minimum Gasteiger partial charge on any atom is -0.375 e. The number of thiazole rings is 1. The summed E-state index contributed by atoms with van der Waals surface area (Å²) < 4.78 is 2.20. The number of rotatable bonds is 2. The molecule has 0 aliphatic heterocycles. The third-order valence-electron chi connectivity index (χ3n) is 3.18. The second-order valence-corrected chi connectivity index (χ2v) is 6.47. The zero-order valence-electron chi connectivity index (χ0n) is 11.5. The Hall–Kier alpha value is -1.59. The van der Waals surface area contributed by atoms with Gasteiger partial charge in [-0.3, -0.25) is 0 Å². The summed E-state index contributed by atoms with van der Waals surface area (Å²) in [4.78, 5) is 10.0. The maximum atomic E-state index is 6.06. The molecule has 0 aliphatic rings. The molecule has 0 aliphatic carbocycles. The molecule has 4 nitrogen and oxygen atoms in total. The highest BCUT2D eigenvalue weighted by Gasteiger charge is 2.19. The number of aromatic nitrogens is 3. The number of anilines is 1. The van der Waals surface area contributed by atoms with E-state index in [-0.39, 0.29) is 0 Å². The van der Waals surface area contributed by atoms with Crippen molar-refractivity contribution >= 4 is 39.1 Å². The van der Waals surface area contributed by atoms with E-state index in [4.69, 9.17) is 22.3 Å². The van der Waals surface area contributed by atoms with Gasteiger partial charge < -0.3 is 10.3 Å². The Labute approximate surface area is 126 Å². The average molecular weight is 307 g/mol. The van der Waals surface area contributed by atoms with Gasteiger partial charge in [-0.05, 0) is 39.0 Å². The predicted molar refractivity (Wildman–Crippen MR) is 85.4 cm³/mol. The molecule has 0 saturated heterocycles. The van der Waals surface area contributed by atoms with E-state index in [1.54, 1.807) is 0 Å². The maximum Gasteiger partial charge on any atom is 0.180 e. The van der Waals surface area contributed by atoms with Gasteiger partial charge in [0.15, 0.2) is 11.0 Å². The summed E-state index contributed by atoms with van der Waals surface area (Å²) in [5.41, 5.74) is 8.69. The van der Waals surface area contributed by atoms with Crippen LogP contribution in [0.4, 0.5) is 5.13 Å². The quantitative estimate of drug-likeness (QED) is 0.768. The lowest BCUT2D eigenvalue weighted by atomic mass is 10.3. The van der Waals surface area contributed by atoms with Crippen LogP contribution in [0.1, 0.15) is 25.6 Å².